The third kappa shape index (κ3) is 4.15. The average Bonchev–Trinajstić information content (AvgIpc) is 2.79. The molecule has 1 nitrogen and oxygen atoms in total. The highest BCUT2D eigenvalue weighted by Crippen LogP contribution is 2.34. The quantitative estimate of drug-likeness (QED) is 0.360. The number of rotatable bonds is 6. The van der Waals surface area contributed by atoms with Crippen LogP contribution in [0.2, 0.25) is 0 Å². The van der Waals surface area contributed by atoms with Gasteiger partial charge in [0.05, 0.1) is 0 Å². The van der Waals surface area contributed by atoms with Gasteiger partial charge in [0.2, 0.25) is 0 Å². The van der Waals surface area contributed by atoms with E-state index in [2.05, 4.69) is 121 Å². The normalized spacial score (nSPS) is 10.6. The molecular formula is C27H25N. The Morgan fingerprint density at radius 1 is 0.571 bits per heavy atom. The molecular weight excluding hydrogens is 338 g/mol. The van der Waals surface area contributed by atoms with Crippen LogP contribution in [-0.2, 0) is 12.8 Å². The first kappa shape index (κ1) is 18.1. The summed E-state index contributed by atoms with van der Waals surface area (Å²) < 4.78 is 0. The zero-order valence-electron chi connectivity index (χ0n) is 16.3. The van der Waals surface area contributed by atoms with Gasteiger partial charge >= 0.3 is 0 Å². The van der Waals surface area contributed by atoms with Crippen molar-refractivity contribution in [3.8, 4) is 11.1 Å². The van der Waals surface area contributed by atoms with Crippen molar-refractivity contribution >= 4 is 11.4 Å². The van der Waals surface area contributed by atoms with E-state index in [0.29, 0.717) is 0 Å². The molecule has 1 heteroatoms. The van der Waals surface area contributed by atoms with Crippen molar-refractivity contribution in [3.63, 3.8) is 0 Å². The zero-order chi connectivity index (χ0) is 19.2. The summed E-state index contributed by atoms with van der Waals surface area (Å²) in [5.74, 6) is 0. The maximum Gasteiger partial charge on any atom is 0.0487 e. The lowest BCUT2D eigenvalue weighted by Crippen LogP contribution is -2.11. The maximum atomic E-state index is 2.31. The summed E-state index contributed by atoms with van der Waals surface area (Å²) in [6, 6.07) is 38.8. The molecule has 0 heterocycles. The number of anilines is 2. The van der Waals surface area contributed by atoms with Crippen molar-refractivity contribution in [2.45, 2.75) is 12.8 Å². The number of benzene rings is 4. The lowest BCUT2D eigenvalue weighted by atomic mass is 10.0. The Balaban J connectivity index is 1.58. The molecule has 0 radical (unpaired) electrons. The highest BCUT2D eigenvalue weighted by molar-refractivity contribution is 5.82. The molecule has 0 saturated heterocycles. The van der Waals surface area contributed by atoms with E-state index in [4.69, 9.17) is 0 Å². The average molecular weight is 364 g/mol. The summed E-state index contributed by atoms with van der Waals surface area (Å²) in [6.07, 6.45) is 2.11. The smallest absolute Gasteiger partial charge is 0.0487 e. The van der Waals surface area contributed by atoms with Crippen LogP contribution in [0.4, 0.5) is 11.4 Å². The van der Waals surface area contributed by atoms with E-state index in [1.54, 1.807) is 0 Å². The van der Waals surface area contributed by atoms with E-state index in [9.17, 15) is 0 Å². The fourth-order valence-corrected chi connectivity index (χ4v) is 3.62. The third-order valence-electron chi connectivity index (χ3n) is 5.19. The number of para-hydroxylation sites is 1. The Morgan fingerprint density at radius 2 is 1.18 bits per heavy atom. The largest absolute Gasteiger partial charge is 0.344 e. The molecule has 0 aliphatic carbocycles. The number of hydrogen-bond acceptors (Lipinski definition) is 1. The Bertz CT molecular complexity index is 1020. The van der Waals surface area contributed by atoms with Gasteiger partial charge in [-0.05, 0) is 47.7 Å². The van der Waals surface area contributed by atoms with Gasteiger partial charge in [0.1, 0.15) is 0 Å². The lowest BCUT2D eigenvalue weighted by Gasteiger charge is -2.23. The minimum Gasteiger partial charge on any atom is -0.344 e. The second-order valence-corrected chi connectivity index (χ2v) is 7.10. The van der Waals surface area contributed by atoms with Gasteiger partial charge in [-0.2, -0.15) is 0 Å². The first-order valence-electron chi connectivity index (χ1n) is 9.82. The SMILES string of the molecule is CN(c1cccc(CCc2ccccc2)c1)c1ccccc1-c1ccccc1. The molecule has 0 aliphatic rings. The zero-order valence-corrected chi connectivity index (χ0v) is 16.3. The number of aryl methyl sites for hydroxylation is 2. The fraction of sp³-hybridized carbons (Fsp3) is 0.111. The van der Waals surface area contributed by atoms with E-state index in [1.165, 1.54) is 33.6 Å². The molecule has 0 spiro atoms. The fourth-order valence-electron chi connectivity index (χ4n) is 3.62. The summed E-state index contributed by atoms with van der Waals surface area (Å²) in [7, 11) is 2.15. The third-order valence-corrected chi connectivity index (χ3v) is 5.19. The standard InChI is InChI=1S/C27H25N/c1-28(27-18-9-8-17-26(27)24-14-6-3-7-15-24)25-16-10-13-23(21-25)20-19-22-11-4-2-5-12-22/h2-18,21H,19-20H2,1H3. The first-order chi connectivity index (χ1) is 13.8. The summed E-state index contributed by atoms with van der Waals surface area (Å²) >= 11 is 0. The van der Waals surface area contributed by atoms with Crippen molar-refractivity contribution in [1.29, 1.82) is 0 Å². The molecule has 0 aromatic heterocycles. The summed E-state index contributed by atoms with van der Waals surface area (Å²) in [6.45, 7) is 0. The van der Waals surface area contributed by atoms with Gasteiger partial charge in [-0.1, -0.05) is 91.0 Å². The van der Waals surface area contributed by atoms with Crippen LogP contribution in [-0.4, -0.2) is 7.05 Å². The molecule has 4 aromatic rings. The van der Waals surface area contributed by atoms with Crippen LogP contribution in [0.5, 0.6) is 0 Å². The molecule has 0 fully saturated rings. The molecule has 0 amide bonds. The van der Waals surface area contributed by atoms with Crippen LogP contribution in [0.25, 0.3) is 11.1 Å². The van der Waals surface area contributed by atoms with Gasteiger partial charge in [-0.3, -0.25) is 0 Å². The predicted octanol–water partition coefficient (Wildman–Crippen LogP) is 6.91. The van der Waals surface area contributed by atoms with Crippen LogP contribution >= 0.6 is 0 Å². The van der Waals surface area contributed by atoms with Crippen molar-refractivity contribution in [1.82, 2.24) is 0 Å². The molecule has 0 bridgehead atoms. The van der Waals surface area contributed by atoms with Crippen molar-refractivity contribution in [2.24, 2.45) is 0 Å². The van der Waals surface area contributed by atoms with Crippen molar-refractivity contribution in [2.75, 3.05) is 11.9 Å². The molecule has 4 rings (SSSR count). The van der Waals surface area contributed by atoms with E-state index in [0.717, 1.165) is 12.8 Å². The van der Waals surface area contributed by atoms with Crippen LogP contribution in [0, 0.1) is 0 Å². The Hall–Kier alpha value is -3.32. The Labute approximate surface area is 167 Å². The molecule has 138 valence electrons. The maximum absolute atomic E-state index is 2.31. The topological polar surface area (TPSA) is 3.24 Å². The van der Waals surface area contributed by atoms with Crippen molar-refractivity contribution < 1.29 is 0 Å². The summed E-state index contributed by atoms with van der Waals surface area (Å²) in [5, 5.41) is 0. The van der Waals surface area contributed by atoms with Crippen molar-refractivity contribution in [3.05, 3.63) is 120 Å². The van der Waals surface area contributed by atoms with Crippen LogP contribution < -0.4 is 4.90 Å². The van der Waals surface area contributed by atoms with Crippen LogP contribution in [0.15, 0.2) is 109 Å². The molecule has 0 N–H and O–H groups in total. The van der Waals surface area contributed by atoms with Gasteiger partial charge in [0.15, 0.2) is 0 Å². The molecule has 0 atom stereocenters. The van der Waals surface area contributed by atoms with E-state index in [-0.39, 0.29) is 0 Å². The van der Waals surface area contributed by atoms with E-state index in [1.807, 2.05) is 0 Å². The lowest BCUT2D eigenvalue weighted by molar-refractivity contribution is 0.959. The second-order valence-electron chi connectivity index (χ2n) is 7.10. The molecule has 28 heavy (non-hydrogen) atoms. The monoisotopic (exact) mass is 363 g/mol. The molecule has 0 aliphatic heterocycles. The van der Waals surface area contributed by atoms with E-state index < -0.39 is 0 Å². The Kier molecular flexibility index (Phi) is 5.53. The second kappa shape index (κ2) is 8.58. The Morgan fingerprint density at radius 3 is 1.96 bits per heavy atom. The van der Waals surface area contributed by atoms with Gasteiger partial charge in [-0.25, -0.2) is 0 Å². The highest BCUT2D eigenvalue weighted by Gasteiger charge is 2.11. The highest BCUT2D eigenvalue weighted by atomic mass is 15.1. The molecule has 0 unspecified atom stereocenters. The molecule has 4 aromatic carbocycles. The summed E-state index contributed by atoms with van der Waals surface area (Å²) in [4.78, 5) is 2.29. The van der Waals surface area contributed by atoms with Crippen LogP contribution in [0.3, 0.4) is 0 Å². The minimum atomic E-state index is 1.05. The van der Waals surface area contributed by atoms with Gasteiger partial charge in [0.25, 0.3) is 0 Å². The predicted molar refractivity (Wildman–Crippen MR) is 120 cm³/mol. The van der Waals surface area contributed by atoms with E-state index >= 15 is 0 Å². The first-order valence-corrected chi connectivity index (χ1v) is 9.82. The number of hydrogen-bond donors (Lipinski definition) is 0. The summed E-state index contributed by atoms with van der Waals surface area (Å²) in [5.41, 5.74) is 7.68. The van der Waals surface area contributed by atoms with Gasteiger partial charge in [-0.15, -0.1) is 0 Å². The minimum absolute atomic E-state index is 1.05. The van der Waals surface area contributed by atoms with Crippen LogP contribution in [0.1, 0.15) is 11.1 Å². The number of nitrogens with zero attached hydrogens (tertiary/aromatic N) is 1. The molecule has 0 saturated carbocycles. The van der Waals surface area contributed by atoms with Gasteiger partial charge in [0, 0.05) is 24.0 Å². The van der Waals surface area contributed by atoms with Gasteiger partial charge < -0.3 is 4.90 Å².